The molecular weight excluding hydrogens is 202 g/mol. The van der Waals surface area contributed by atoms with Crippen LogP contribution >= 0.6 is 0 Å². The van der Waals surface area contributed by atoms with Gasteiger partial charge < -0.3 is 5.32 Å². The average Bonchev–Trinajstić information content (AvgIpc) is 2.31. The van der Waals surface area contributed by atoms with Crippen molar-refractivity contribution in [2.24, 2.45) is 5.11 Å². The van der Waals surface area contributed by atoms with Gasteiger partial charge in [0.15, 0.2) is 0 Å². The molecule has 0 bridgehead atoms. The van der Waals surface area contributed by atoms with Crippen molar-refractivity contribution in [3.8, 4) is 0 Å². The molecule has 0 aromatic carbocycles. The predicted octanol–water partition coefficient (Wildman–Crippen LogP) is 1.93. The monoisotopic (exact) mass is 223 g/mol. The lowest BCUT2D eigenvalue weighted by Gasteiger charge is -2.42. The van der Waals surface area contributed by atoms with Gasteiger partial charge in [0.2, 0.25) is 0 Å². The predicted molar refractivity (Wildman–Crippen MR) is 66.3 cm³/mol. The van der Waals surface area contributed by atoms with Crippen molar-refractivity contribution in [2.45, 2.75) is 26.3 Å². The summed E-state index contributed by atoms with van der Waals surface area (Å²) in [7, 11) is 0. The smallest absolute Gasteiger partial charge is 0.0487 e. The number of piperazine rings is 1. The molecule has 16 heavy (non-hydrogen) atoms. The molecule has 1 N–H and O–H groups in total. The number of nitrogens with zero attached hydrogens (tertiary/aromatic N) is 4. The molecule has 0 radical (unpaired) electrons. The lowest BCUT2D eigenvalue weighted by Crippen LogP contribution is -2.54. The number of azide groups is 1. The normalized spacial score (nSPS) is 19.3. The second-order valence-corrected chi connectivity index (χ2v) is 4.50. The second-order valence-electron chi connectivity index (χ2n) is 4.50. The molecule has 5 heteroatoms. The highest BCUT2D eigenvalue weighted by Gasteiger charge is 2.30. The third-order valence-corrected chi connectivity index (χ3v) is 3.35. The second kappa shape index (κ2) is 5.89. The van der Waals surface area contributed by atoms with Crippen molar-refractivity contribution in [1.29, 1.82) is 0 Å². The summed E-state index contributed by atoms with van der Waals surface area (Å²) in [6.07, 6.45) is 2.07. The number of nitrogens with one attached hydrogen (secondary N) is 1. The maximum atomic E-state index is 8.39. The van der Waals surface area contributed by atoms with Gasteiger partial charge in [-0.05, 0) is 31.9 Å². The highest BCUT2D eigenvalue weighted by Crippen LogP contribution is 2.24. The van der Waals surface area contributed by atoms with Gasteiger partial charge in [-0.2, -0.15) is 0 Å². The van der Waals surface area contributed by atoms with E-state index in [0.717, 1.165) is 26.2 Å². The van der Waals surface area contributed by atoms with Crippen molar-refractivity contribution < 1.29 is 0 Å². The standard InChI is InChI=1S/C11H21N5/c1-4-10(9-14-15-12)11(2,3)16-7-5-13-6-8-16/h4,13H,5-9H2,1-3H3/b10-4+. The number of hydrogen-bond acceptors (Lipinski definition) is 3. The fourth-order valence-corrected chi connectivity index (χ4v) is 2.17. The van der Waals surface area contributed by atoms with Crippen LogP contribution in [0.25, 0.3) is 10.4 Å². The molecule has 5 nitrogen and oxygen atoms in total. The first-order valence-corrected chi connectivity index (χ1v) is 5.75. The molecule has 1 aliphatic rings. The van der Waals surface area contributed by atoms with E-state index >= 15 is 0 Å². The van der Waals surface area contributed by atoms with Gasteiger partial charge in [-0.3, -0.25) is 4.90 Å². The van der Waals surface area contributed by atoms with Gasteiger partial charge in [-0.25, -0.2) is 0 Å². The lowest BCUT2D eigenvalue weighted by molar-refractivity contribution is 0.131. The van der Waals surface area contributed by atoms with E-state index in [1.165, 1.54) is 5.57 Å². The third-order valence-electron chi connectivity index (χ3n) is 3.35. The van der Waals surface area contributed by atoms with Gasteiger partial charge in [-0.15, -0.1) is 0 Å². The Hall–Kier alpha value is -1.03. The SMILES string of the molecule is C/C=C(\CN=[N+]=[N-])C(C)(C)N1CCNCC1. The molecule has 0 atom stereocenters. The first-order chi connectivity index (χ1) is 7.62. The summed E-state index contributed by atoms with van der Waals surface area (Å²) in [5.41, 5.74) is 9.56. The first-order valence-electron chi connectivity index (χ1n) is 5.75. The Balaban J connectivity index is 2.75. The summed E-state index contributed by atoms with van der Waals surface area (Å²) < 4.78 is 0. The van der Waals surface area contributed by atoms with Crippen LogP contribution < -0.4 is 5.32 Å². The summed E-state index contributed by atoms with van der Waals surface area (Å²) in [4.78, 5) is 5.27. The average molecular weight is 223 g/mol. The van der Waals surface area contributed by atoms with Gasteiger partial charge >= 0.3 is 0 Å². The number of allylic oxidation sites excluding steroid dienone is 1. The molecule has 1 saturated heterocycles. The summed E-state index contributed by atoms with van der Waals surface area (Å²) in [5.74, 6) is 0. The van der Waals surface area contributed by atoms with Gasteiger partial charge in [-0.1, -0.05) is 11.2 Å². The molecule has 1 heterocycles. The summed E-state index contributed by atoms with van der Waals surface area (Å²) in [6, 6.07) is 0. The highest BCUT2D eigenvalue weighted by atomic mass is 15.2. The summed E-state index contributed by atoms with van der Waals surface area (Å²) in [5, 5.41) is 7.02. The van der Waals surface area contributed by atoms with Crippen molar-refractivity contribution in [3.05, 3.63) is 22.1 Å². The molecule has 1 rings (SSSR count). The van der Waals surface area contributed by atoms with E-state index in [4.69, 9.17) is 5.53 Å². The van der Waals surface area contributed by atoms with E-state index in [-0.39, 0.29) is 5.54 Å². The quantitative estimate of drug-likeness (QED) is 0.342. The molecule has 0 saturated carbocycles. The van der Waals surface area contributed by atoms with Crippen LogP contribution in [0.15, 0.2) is 16.8 Å². The van der Waals surface area contributed by atoms with Gasteiger partial charge in [0.25, 0.3) is 0 Å². The van der Waals surface area contributed by atoms with Crippen LogP contribution in [-0.2, 0) is 0 Å². The maximum Gasteiger partial charge on any atom is 0.0487 e. The van der Waals surface area contributed by atoms with Crippen LogP contribution in [0.4, 0.5) is 0 Å². The molecule has 1 fully saturated rings. The maximum absolute atomic E-state index is 8.39. The van der Waals surface area contributed by atoms with E-state index in [9.17, 15) is 0 Å². The zero-order valence-electron chi connectivity index (χ0n) is 10.4. The fourth-order valence-electron chi connectivity index (χ4n) is 2.17. The minimum Gasteiger partial charge on any atom is -0.314 e. The first kappa shape index (κ1) is 13.0. The molecule has 90 valence electrons. The lowest BCUT2D eigenvalue weighted by atomic mass is 9.91. The van der Waals surface area contributed by atoms with Crippen LogP contribution in [0.2, 0.25) is 0 Å². The van der Waals surface area contributed by atoms with Gasteiger partial charge in [0.1, 0.15) is 0 Å². The zero-order valence-corrected chi connectivity index (χ0v) is 10.4. The molecule has 0 unspecified atom stereocenters. The Labute approximate surface area is 97.1 Å². The largest absolute Gasteiger partial charge is 0.314 e. The Morgan fingerprint density at radius 1 is 1.50 bits per heavy atom. The van der Waals surface area contributed by atoms with E-state index < -0.39 is 0 Å². The number of hydrogen-bond donors (Lipinski definition) is 1. The van der Waals surface area contributed by atoms with Crippen molar-refractivity contribution in [1.82, 2.24) is 10.2 Å². The fraction of sp³-hybridized carbons (Fsp3) is 0.818. The topological polar surface area (TPSA) is 64.0 Å². The van der Waals surface area contributed by atoms with Crippen LogP contribution in [0, 0.1) is 0 Å². The van der Waals surface area contributed by atoms with Crippen molar-refractivity contribution in [2.75, 3.05) is 32.7 Å². The van der Waals surface area contributed by atoms with E-state index in [0.29, 0.717) is 6.54 Å². The number of rotatable bonds is 4. The molecular formula is C11H21N5. The van der Waals surface area contributed by atoms with Gasteiger partial charge in [0.05, 0.1) is 0 Å². The van der Waals surface area contributed by atoms with E-state index in [1.54, 1.807) is 0 Å². The Kier molecular flexibility index (Phi) is 4.80. The molecule has 0 aliphatic carbocycles. The van der Waals surface area contributed by atoms with E-state index in [1.807, 2.05) is 6.92 Å². The highest BCUT2D eigenvalue weighted by molar-refractivity contribution is 5.19. The molecule has 0 amide bonds. The zero-order chi connectivity index (χ0) is 12.0. The minimum absolute atomic E-state index is 0.0228. The molecule has 1 aliphatic heterocycles. The summed E-state index contributed by atoms with van der Waals surface area (Å²) >= 11 is 0. The van der Waals surface area contributed by atoms with Crippen LogP contribution in [0.1, 0.15) is 20.8 Å². The van der Waals surface area contributed by atoms with Crippen LogP contribution in [-0.4, -0.2) is 43.2 Å². The molecule has 0 spiro atoms. The third kappa shape index (κ3) is 2.98. The minimum atomic E-state index is -0.0228. The van der Waals surface area contributed by atoms with E-state index in [2.05, 4.69) is 40.2 Å². The molecule has 0 aromatic heterocycles. The molecule has 0 aromatic rings. The van der Waals surface area contributed by atoms with Crippen molar-refractivity contribution in [3.63, 3.8) is 0 Å². The van der Waals surface area contributed by atoms with Crippen LogP contribution in [0.3, 0.4) is 0 Å². The summed E-state index contributed by atoms with van der Waals surface area (Å²) in [6.45, 7) is 11.0. The van der Waals surface area contributed by atoms with Gasteiger partial charge in [0, 0.05) is 43.2 Å². The van der Waals surface area contributed by atoms with Crippen LogP contribution in [0.5, 0.6) is 0 Å². The Morgan fingerprint density at radius 2 is 2.12 bits per heavy atom. The van der Waals surface area contributed by atoms with Crippen molar-refractivity contribution >= 4 is 0 Å². The Bertz CT molecular complexity index is 295. The Morgan fingerprint density at radius 3 is 2.62 bits per heavy atom.